The Morgan fingerprint density at radius 2 is 2.00 bits per heavy atom. The van der Waals surface area contributed by atoms with E-state index in [1.807, 2.05) is 13.8 Å². The molecule has 0 bridgehead atoms. The molecule has 0 heterocycles. The van der Waals surface area contributed by atoms with Crippen LogP contribution in [-0.4, -0.2) is 12.6 Å². The van der Waals surface area contributed by atoms with E-state index in [1.165, 1.54) is 42.4 Å². The number of aryl methyl sites for hydroxylation is 2. The summed E-state index contributed by atoms with van der Waals surface area (Å²) in [6.45, 7) is 4.81. The molecule has 2 amide bonds. The molecule has 0 radical (unpaired) electrons. The molecule has 1 aromatic carbocycles. The van der Waals surface area contributed by atoms with E-state index in [1.54, 1.807) is 0 Å². The Hall–Kier alpha value is -1.51. The Bertz CT molecular complexity index is 442. The summed E-state index contributed by atoms with van der Waals surface area (Å²) >= 11 is 0. The smallest absolute Gasteiger partial charge is 0.315 e. The lowest BCUT2D eigenvalue weighted by molar-refractivity contribution is 0.238. The lowest BCUT2D eigenvalue weighted by Gasteiger charge is -2.20. The van der Waals surface area contributed by atoms with Gasteiger partial charge in [-0.25, -0.2) is 4.79 Å². The molecular formula is C16H24N2O. The molecule has 0 saturated heterocycles. The Morgan fingerprint density at radius 1 is 1.26 bits per heavy atom. The van der Waals surface area contributed by atoms with Gasteiger partial charge in [-0.3, -0.25) is 0 Å². The van der Waals surface area contributed by atoms with E-state index in [2.05, 4.69) is 28.8 Å². The van der Waals surface area contributed by atoms with Gasteiger partial charge in [0, 0.05) is 6.54 Å². The SMILES string of the molecule is CCCNC(=O)N[C@H](C)c1ccc2c(c1)CCCC2. The van der Waals surface area contributed by atoms with Gasteiger partial charge in [-0.1, -0.05) is 25.1 Å². The molecule has 1 aliphatic rings. The van der Waals surface area contributed by atoms with Crippen molar-refractivity contribution in [1.82, 2.24) is 10.6 Å². The van der Waals surface area contributed by atoms with Crippen LogP contribution in [0.3, 0.4) is 0 Å². The molecule has 3 heteroatoms. The van der Waals surface area contributed by atoms with Crippen molar-refractivity contribution in [2.24, 2.45) is 0 Å². The fraction of sp³-hybridized carbons (Fsp3) is 0.562. The number of nitrogens with one attached hydrogen (secondary N) is 2. The number of rotatable bonds is 4. The van der Waals surface area contributed by atoms with Crippen molar-refractivity contribution in [2.45, 2.75) is 52.0 Å². The summed E-state index contributed by atoms with van der Waals surface area (Å²) in [7, 11) is 0. The van der Waals surface area contributed by atoms with Crippen LogP contribution in [-0.2, 0) is 12.8 Å². The third-order valence-electron chi connectivity index (χ3n) is 3.76. The van der Waals surface area contributed by atoms with Gasteiger partial charge in [0.2, 0.25) is 0 Å². The molecule has 0 spiro atoms. The first-order valence-electron chi connectivity index (χ1n) is 7.36. The van der Waals surface area contributed by atoms with Crippen LogP contribution in [0, 0.1) is 0 Å². The standard InChI is InChI=1S/C16H24N2O/c1-3-10-17-16(19)18-12(2)14-9-8-13-6-4-5-7-15(13)11-14/h8-9,11-12H,3-7,10H2,1-2H3,(H2,17,18,19)/t12-/m1/s1. The van der Waals surface area contributed by atoms with Crippen LogP contribution in [0.4, 0.5) is 4.79 Å². The average molecular weight is 260 g/mol. The normalized spacial score (nSPS) is 15.5. The predicted molar refractivity (Wildman–Crippen MR) is 78.3 cm³/mol. The maximum Gasteiger partial charge on any atom is 0.315 e. The van der Waals surface area contributed by atoms with Gasteiger partial charge in [-0.2, -0.15) is 0 Å². The van der Waals surface area contributed by atoms with E-state index < -0.39 is 0 Å². The number of benzene rings is 1. The first-order valence-corrected chi connectivity index (χ1v) is 7.36. The van der Waals surface area contributed by atoms with Crippen molar-refractivity contribution in [3.63, 3.8) is 0 Å². The van der Waals surface area contributed by atoms with Crippen molar-refractivity contribution < 1.29 is 4.79 Å². The highest BCUT2D eigenvalue weighted by Gasteiger charge is 2.13. The Labute approximate surface area is 115 Å². The predicted octanol–water partition coefficient (Wildman–Crippen LogP) is 3.34. The molecule has 0 fully saturated rings. The lowest BCUT2D eigenvalue weighted by atomic mass is 9.89. The van der Waals surface area contributed by atoms with Gasteiger partial charge >= 0.3 is 6.03 Å². The number of carbonyl (C=O) groups excluding carboxylic acids is 1. The molecule has 0 saturated carbocycles. The van der Waals surface area contributed by atoms with Crippen LogP contribution in [0.15, 0.2) is 18.2 Å². The monoisotopic (exact) mass is 260 g/mol. The van der Waals surface area contributed by atoms with Gasteiger partial charge in [0.15, 0.2) is 0 Å². The summed E-state index contributed by atoms with van der Waals surface area (Å²) in [5.74, 6) is 0. The highest BCUT2D eigenvalue weighted by atomic mass is 16.2. The number of amides is 2. The first kappa shape index (κ1) is 13.9. The van der Waals surface area contributed by atoms with Gasteiger partial charge in [0.05, 0.1) is 6.04 Å². The maximum atomic E-state index is 11.7. The number of carbonyl (C=O) groups is 1. The lowest BCUT2D eigenvalue weighted by Crippen LogP contribution is -2.37. The highest BCUT2D eigenvalue weighted by molar-refractivity contribution is 5.74. The van der Waals surface area contributed by atoms with Crippen molar-refractivity contribution in [2.75, 3.05) is 6.54 Å². The van der Waals surface area contributed by atoms with Gasteiger partial charge in [0.25, 0.3) is 0 Å². The van der Waals surface area contributed by atoms with Crippen LogP contribution < -0.4 is 10.6 Å². The molecule has 3 nitrogen and oxygen atoms in total. The molecule has 1 aliphatic carbocycles. The van der Waals surface area contributed by atoms with Crippen molar-refractivity contribution in [3.05, 3.63) is 34.9 Å². The third-order valence-corrected chi connectivity index (χ3v) is 3.76. The van der Waals surface area contributed by atoms with E-state index in [9.17, 15) is 4.79 Å². The topological polar surface area (TPSA) is 41.1 Å². The second kappa shape index (κ2) is 6.60. The Kier molecular flexibility index (Phi) is 4.83. The van der Waals surface area contributed by atoms with Gasteiger partial charge < -0.3 is 10.6 Å². The fourth-order valence-electron chi connectivity index (χ4n) is 2.59. The molecule has 1 atom stereocenters. The zero-order valence-corrected chi connectivity index (χ0v) is 12.0. The molecular weight excluding hydrogens is 236 g/mol. The zero-order valence-electron chi connectivity index (χ0n) is 12.0. The van der Waals surface area contributed by atoms with Crippen LogP contribution >= 0.6 is 0 Å². The fourth-order valence-corrected chi connectivity index (χ4v) is 2.59. The van der Waals surface area contributed by atoms with E-state index in [4.69, 9.17) is 0 Å². The number of hydrogen-bond donors (Lipinski definition) is 2. The first-order chi connectivity index (χ1) is 9.20. The third kappa shape index (κ3) is 3.72. The van der Waals surface area contributed by atoms with Crippen molar-refractivity contribution in [1.29, 1.82) is 0 Å². The van der Waals surface area contributed by atoms with E-state index in [0.717, 1.165) is 13.0 Å². The molecule has 2 rings (SSSR count). The second-order valence-corrected chi connectivity index (χ2v) is 5.36. The quantitative estimate of drug-likeness (QED) is 0.856. The van der Waals surface area contributed by atoms with Crippen molar-refractivity contribution >= 4 is 6.03 Å². The largest absolute Gasteiger partial charge is 0.338 e. The molecule has 104 valence electrons. The highest BCUT2D eigenvalue weighted by Crippen LogP contribution is 2.24. The average Bonchev–Trinajstić information content (AvgIpc) is 2.44. The summed E-state index contributed by atoms with van der Waals surface area (Å²) in [5.41, 5.74) is 4.15. The van der Waals surface area contributed by atoms with Gasteiger partial charge in [0.1, 0.15) is 0 Å². The van der Waals surface area contributed by atoms with Crippen LogP contribution in [0.2, 0.25) is 0 Å². The van der Waals surface area contributed by atoms with Crippen LogP contribution in [0.25, 0.3) is 0 Å². The van der Waals surface area contributed by atoms with Crippen LogP contribution in [0.5, 0.6) is 0 Å². The van der Waals surface area contributed by atoms with E-state index in [-0.39, 0.29) is 12.1 Å². The molecule has 0 unspecified atom stereocenters. The van der Waals surface area contributed by atoms with Gasteiger partial charge in [-0.15, -0.1) is 0 Å². The number of fused-ring (bicyclic) bond motifs is 1. The second-order valence-electron chi connectivity index (χ2n) is 5.36. The molecule has 2 N–H and O–H groups in total. The zero-order chi connectivity index (χ0) is 13.7. The summed E-state index contributed by atoms with van der Waals surface area (Å²) < 4.78 is 0. The number of hydrogen-bond acceptors (Lipinski definition) is 1. The summed E-state index contributed by atoms with van der Waals surface area (Å²) in [6, 6.07) is 6.62. The molecule has 0 aromatic heterocycles. The number of urea groups is 1. The molecule has 19 heavy (non-hydrogen) atoms. The minimum absolute atomic E-state index is 0.0593. The maximum absolute atomic E-state index is 11.7. The summed E-state index contributed by atoms with van der Waals surface area (Å²) in [5, 5.41) is 5.83. The van der Waals surface area contributed by atoms with Crippen LogP contribution in [0.1, 0.15) is 55.8 Å². The molecule has 1 aromatic rings. The minimum Gasteiger partial charge on any atom is -0.338 e. The summed E-state index contributed by atoms with van der Waals surface area (Å²) in [6.07, 6.45) is 5.93. The Morgan fingerprint density at radius 3 is 2.74 bits per heavy atom. The van der Waals surface area contributed by atoms with Gasteiger partial charge in [-0.05, 0) is 55.7 Å². The summed E-state index contributed by atoms with van der Waals surface area (Å²) in [4.78, 5) is 11.7. The molecule has 0 aliphatic heterocycles. The Balaban J connectivity index is 1.99. The minimum atomic E-state index is -0.0768. The van der Waals surface area contributed by atoms with E-state index in [0.29, 0.717) is 0 Å². The van der Waals surface area contributed by atoms with Crippen molar-refractivity contribution in [3.8, 4) is 0 Å². The van der Waals surface area contributed by atoms with E-state index >= 15 is 0 Å².